The lowest BCUT2D eigenvalue weighted by atomic mass is 10.4. The first kappa shape index (κ1) is 15.9. The lowest BCUT2D eigenvalue weighted by Gasteiger charge is -2.01. The van der Waals surface area contributed by atoms with Gasteiger partial charge in [0.15, 0.2) is 0 Å². The molecular weight excluding hydrogens is 172 g/mol. The summed E-state index contributed by atoms with van der Waals surface area (Å²) >= 11 is 0. The second kappa shape index (κ2) is 12.4. The van der Waals surface area contributed by atoms with Crippen molar-refractivity contribution < 1.29 is 0 Å². The van der Waals surface area contributed by atoms with Gasteiger partial charge in [-0.25, -0.2) is 0 Å². The topological polar surface area (TPSA) is 24.1 Å². The van der Waals surface area contributed by atoms with Crippen LogP contribution in [0.1, 0.15) is 27.7 Å². The van der Waals surface area contributed by atoms with Crippen molar-refractivity contribution in [1.29, 1.82) is 0 Å². The molecule has 2 nitrogen and oxygen atoms in total. The number of hydrogen-bond donors (Lipinski definition) is 2. The van der Waals surface area contributed by atoms with E-state index in [2.05, 4.69) is 51.5 Å². The van der Waals surface area contributed by atoms with Gasteiger partial charge in [-0.05, 0) is 0 Å². The predicted molar refractivity (Wildman–Crippen MR) is 66.7 cm³/mol. The van der Waals surface area contributed by atoms with Crippen LogP contribution < -0.4 is 10.6 Å². The van der Waals surface area contributed by atoms with Gasteiger partial charge in [0.25, 0.3) is 0 Å². The largest absolute Gasteiger partial charge is 0.311 e. The van der Waals surface area contributed by atoms with Gasteiger partial charge in [0.05, 0.1) is 0 Å². The minimum absolute atomic E-state index is 0.581. The molecule has 14 heavy (non-hydrogen) atoms. The number of rotatable bonds is 6. The Labute approximate surface area is 89.5 Å². The average molecular weight is 198 g/mol. The number of hydrogen-bond acceptors (Lipinski definition) is 2. The van der Waals surface area contributed by atoms with E-state index in [4.69, 9.17) is 0 Å². The Morgan fingerprint density at radius 3 is 1.21 bits per heavy atom. The van der Waals surface area contributed by atoms with Crippen LogP contribution in [0.2, 0.25) is 0 Å². The zero-order valence-corrected chi connectivity index (χ0v) is 10.1. The highest BCUT2D eigenvalue weighted by atomic mass is 14.9. The van der Waals surface area contributed by atoms with Crippen molar-refractivity contribution in [3.8, 4) is 0 Å². The van der Waals surface area contributed by atoms with Gasteiger partial charge in [0.1, 0.15) is 0 Å². The first-order valence-corrected chi connectivity index (χ1v) is 5.23. The third kappa shape index (κ3) is 22.5. The van der Waals surface area contributed by atoms with Crippen LogP contribution in [0, 0.1) is 0 Å². The van der Waals surface area contributed by atoms with E-state index in [1.165, 1.54) is 0 Å². The summed E-state index contributed by atoms with van der Waals surface area (Å²) < 4.78 is 0. The molecule has 0 bridgehead atoms. The molecule has 0 aliphatic carbocycles. The van der Waals surface area contributed by atoms with Gasteiger partial charge in [-0.3, -0.25) is 0 Å². The van der Waals surface area contributed by atoms with Crippen LogP contribution in [0.15, 0.2) is 25.3 Å². The first-order chi connectivity index (χ1) is 6.54. The molecule has 2 N–H and O–H groups in total. The molecule has 0 aliphatic heterocycles. The fraction of sp³-hybridized carbons (Fsp3) is 0.667. The predicted octanol–water partition coefficient (Wildman–Crippen LogP) is 2.34. The molecule has 0 saturated heterocycles. The maximum absolute atomic E-state index is 3.57. The van der Waals surface area contributed by atoms with Crippen LogP contribution in [0.5, 0.6) is 0 Å². The van der Waals surface area contributed by atoms with E-state index in [1.54, 1.807) is 0 Å². The summed E-state index contributed by atoms with van der Waals surface area (Å²) in [7, 11) is 0. The monoisotopic (exact) mass is 198 g/mol. The van der Waals surface area contributed by atoms with Crippen molar-refractivity contribution >= 4 is 0 Å². The Kier molecular flexibility index (Phi) is 14.0. The zero-order chi connectivity index (χ0) is 11.4. The van der Waals surface area contributed by atoms with E-state index in [-0.39, 0.29) is 0 Å². The fourth-order valence-electron chi connectivity index (χ4n) is 0.638. The van der Waals surface area contributed by atoms with Crippen LogP contribution in [-0.2, 0) is 0 Å². The van der Waals surface area contributed by atoms with Gasteiger partial charge in [-0.2, -0.15) is 0 Å². The zero-order valence-electron chi connectivity index (χ0n) is 10.1. The summed E-state index contributed by atoms with van der Waals surface area (Å²) in [5.74, 6) is 0. The van der Waals surface area contributed by atoms with Gasteiger partial charge in [0, 0.05) is 25.2 Å². The van der Waals surface area contributed by atoms with Gasteiger partial charge in [-0.15, -0.1) is 13.2 Å². The molecule has 0 amide bonds. The van der Waals surface area contributed by atoms with Crippen molar-refractivity contribution in [2.45, 2.75) is 39.8 Å². The lowest BCUT2D eigenvalue weighted by molar-refractivity contribution is 0.633. The molecule has 0 radical (unpaired) electrons. The van der Waals surface area contributed by atoms with E-state index < -0.39 is 0 Å². The highest BCUT2D eigenvalue weighted by Crippen LogP contribution is 1.73. The third-order valence-electron chi connectivity index (χ3n) is 1.34. The van der Waals surface area contributed by atoms with E-state index in [0.29, 0.717) is 12.1 Å². The summed E-state index contributed by atoms with van der Waals surface area (Å²) in [5.41, 5.74) is 0. The second-order valence-electron chi connectivity index (χ2n) is 3.70. The minimum atomic E-state index is 0.581. The van der Waals surface area contributed by atoms with Crippen molar-refractivity contribution in [3.05, 3.63) is 25.3 Å². The third-order valence-corrected chi connectivity index (χ3v) is 1.34. The normalized spacial score (nSPS) is 9.57. The molecule has 0 fully saturated rings. The van der Waals surface area contributed by atoms with Gasteiger partial charge >= 0.3 is 0 Å². The Bertz CT molecular complexity index is 112. The highest BCUT2D eigenvalue weighted by molar-refractivity contribution is 4.71. The maximum atomic E-state index is 3.57. The fourth-order valence-corrected chi connectivity index (χ4v) is 0.638. The highest BCUT2D eigenvalue weighted by Gasteiger charge is 1.84. The van der Waals surface area contributed by atoms with E-state index in [0.717, 1.165) is 13.1 Å². The SMILES string of the molecule is C=CCNC(C)C.C=CCNC(C)C. The van der Waals surface area contributed by atoms with Gasteiger partial charge in [0.2, 0.25) is 0 Å². The second-order valence-corrected chi connectivity index (χ2v) is 3.70. The molecule has 2 heteroatoms. The van der Waals surface area contributed by atoms with Crippen molar-refractivity contribution in [2.24, 2.45) is 0 Å². The molecule has 0 aromatic heterocycles. The average Bonchev–Trinajstić information content (AvgIpc) is 2.12. The minimum Gasteiger partial charge on any atom is -0.311 e. The number of nitrogens with one attached hydrogen (secondary N) is 2. The molecule has 84 valence electrons. The van der Waals surface area contributed by atoms with Crippen molar-refractivity contribution in [1.82, 2.24) is 10.6 Å². The Morgan fingerprint density at radius 2 is 1.14 bits per heavy atom. The summed E-state index contributed by atoms with van der Waals surface area (Å²) in [5, 5.41) is 6.35. The summed E-state index contributed by atoms with van der Waals surface area (Å²) in [6.45, 7) is 17.4. The van der Waals surface area contributed by atoms with Crippen molar-refractivity contribution in [2.75, 3.05) is 13.1 Å². The first-order valence-electron chi connectivity index (χ1n) is 5.23. The van der Waals surface area contributed by atoms with Crippen LogP contribution in [0.25, 0.3) is 0 Å². The standard InChI is InChI=1S/2C6H13N/c2*1-4-5-7-6(2)3/h2*4,6-7H,1,5H2,2-3H3. The summed E-state index contributed by atoms with van der Waals surface area (Å²) in [4.78, 5) is 0. The van der Waals surface area contributed by atoms with E-state index in [1.807, 2.05) is 12.2 Å². The molecule has 0 aromatic carbocycles. The summed E-state index contributed by atoms with van der Waals surface area (Å²) in [6, 6.07) is 1.16. The molecule has 0 spiro atoms. The van der Waals surface area contributed by atoms with Crippen LogP contribution in [0.3, 0.4) is 0 Å². The van der Waals surface area contributed by atoms with Crippen LogP contribution in [-0.4, -0.2) is 25.2 Å². The molecule has 0 aromatic rings. The Hall–Kier alpha value is -0.600. The molecule has 0 saturated carbocycles. The van der Waals surface area contributed by atoms with Crippen LogP contribution in [0.4, 0.5) is 0 Å². The molecule has 0 rings (SSSR count). The molecule has 0 unspecified atom stereocenters. The molecular formula is C12H26N2. The Balaban J connectivity index is 0. The molecule has 0 atom stereocenters. The lowest BCUT2D eigenvalue weighted by Crippen LogP contribution is -2.21. The molecule has 0 heterocycles. The van der Waals surface area contributed by atoms with Gasteiger partial charge < -0.3 is 10.6 Å². The quantitative estimate of drug-likeness (QED) is 0.640. The van der Waals surface area contributed by atoms with Gasteiger partial charge in [-0.1, -0.05) is 39.8 Å². The van der Waals surface area contributed by atoms with Crippen LogP contribution >= 0.6 is 0 Å². The maximum Gasteiger partial charge on any atom is 0.0134 e. The smallest absolute Gasteiger partial charge is 0.0134 e. The van der Waals surface area contributed by atoms with Crippen molar-refractivity contribution in [3.63, 3.8) is 0 Å². The molecule has 0 aliphatic rings. The Morgan fingerprint density at radius 1 is 0.857 bits per heavy atom. The summed E-state index contributed by atoms with van der Waals surface area (Å²) in [6.07, 6.45) is 3.72. The van der Waals surface area contributed by atoms with E-state index >= 15 is 0 Å². The van der Waals surface area contributed by atoms with E-state index in [9.17, 15) is 0 Å².